The molecule has 4 rings (SSSR count). The Bertz CT molecular complexity index is 529. The maximum atomic E-state index is 11.9. The number of amides is 1. The van der Waals surface area contributed by atoms with E-state index in [2.05, 4.69) is 37.3 Å². The molecule has 1 amide bonds. The minimum Gasteiger partial charge on any atom is -0.444 e. The van der Waals surface area contributed by atoms with Crippen LogP contribution in [-0.2, 0) is 4.74 Å². The molecule has 2 aliphatic heterocycles. The first-order valence-corrected chi connectivity index (χ1v) is 7.76. The van der Waals surface area contributed by atoms with Gasteiger partial charge in [-0.15, -0.1) is 0 Å². The first kappa shape index (κ1) is 12.2. The highest BCUT2D eigenvalue weighted by molar-refractivity contribution is 5.71. The molecule has 3 nitrogen and oxygen atoms in total. The summed E-state index contributed by atoms with van der Waals surface area (Å²) in [6.07, 6.45) is 4.49. The summed E-state index contributed by atoms with van der Waals surface area (Å²) in [5, 5.41) is 0. The van der Waals surface area contributed by atoms with Gasteiger partial charge in [-0.3, -0.25) is 0 Å². The van der Waals surface area contributed by atoms with Crippen LogP contribution in [0.2, 0.25) is 0 Å². The van der Waals surface area contributed by atoms with Crippen LogP contribution in [-0.4, -0.2) is 29.7 Å². The van der Waals surface area contributed by atoms with Crippen LogP contribution in [0.5, 0.6) is 0 Å². The summed E-state index contributed by atoms with van der Waals surface area (Å²) in [7, 11) is 0. The number of fused-ring (bicyclic) bond motifs is 1. The highest BCUT2D eigenvalue weighted by Crippen LogP contribution is 2.66. The van der Waals surface area contributed by atoms with E-state index in [0.717, 1.165) is 25.8 Å². The van der Waals surface area contributed by atoms with Crippen molar-refractivity contribution >= 4 is 6.09 Å². The lowest BCUT2D eigenvalue weighted by atomic mass is 9.82. The van der Waals surface area contributed by atoms with Gasteiger partial charge in [-0.25, -0.2) is 4.79 Å². The zero-order valence-corrected chi connectivity index (χ0v) is 11.9. The highest BCUT2D eigenvalue weighted by atomic mass is 16.6. The predicted molar refractivity (Wildman–Crippen MR) is 76.5 cm³/mol. The summed E-state index contributed by atoms with van der Waals surface area (Å²) in [5.74, 6) is 0.694. The maximum absolute atomic E-state index is 11.9. The van der Waals surface area contributed by atoms with E-state index in [1.807, 2.05) is 4.90 Å². The maximum Gasteiger partial charge on any atom is 0.410 e. The highest BCUT2D eigenvalue weighted by Gasteiger charge is 2.60. The molecule has 0 radical (unpaired) electrons. The number of piperidine rings is 1. The molecule has 1 aromatic carbocycles. The van der Waals surface area contributed by atoms with Crippen molar-refractivity contribution in [3.05, 3.63) is 35.9 Å². The molecule has 106 valence electrons. The molecule has 1 aromatic rings. The fourth-order valence-electron chi connectivity index (χ4n) is 4.33. The van der Waals surface area contributed by atoms with Crippen LogP contribution in [0.4, 0.5) is 4.79 Å². The fraction of sp³-hybridized carbons (Fsp3) is 0.588. The number of hydrogen-bond donors (Lipinski definition) is 0. The van der Waals surface area contributed by atoms with Crippen molar-refractivity contribution in [3.8, 4) is 0 Å². The third kappa shape index (κ3) is 1.68. The van der Waals surface area contributed by atoms with E-state index in [1.54, 1.807) is 0 Å². The van der Waals surface area contributed by atoms with Gasteiger partial charge >= 0.3 is 6.09 Å². The van der Waals surface area contributed by atoms with Crippen LogP contribution < -0.4 is 0 Å². The van der Waals surface area contributed by atoms with Gasteiger partial charge in [0.1, 0.15) is 6.10 Å². The van der Waals surface area contributed by atoms with E-state index < -0.39 is 0 Å². The lowest BCUT2D eigenvalue weighted by molar-refractivity contribution is 0.121. The van der Waals surface area contributed by atoms with Gasteiger partial charge in [0.25, 0.3) is 0 Å². The average molecular weight is 271 g/mol. The number of hydrogen-bond acceptors (Lipinski definition) is 2. The molecule has 1 saturated carbocycles. The summed E-state index contributed by atoms with van der Waals surface area (Å²) in [6.45, 7) is 2.99. The van der Waals surface area contributed by atoms with E-state index in [-0.39, 0.29) is 12.2 Å². The van der Waals surface area contributed by atoms with Crippen molar-refractivity contribution in [2.24, 2.45) is 5.41 Å². The van der Waals surface area contributed by atoms with E-state index in [1.165, 1.54) is 12.0 Å². The van der Waals surface area contributed by atoms with E-state index >= 15 is 0 Å². The van der Waals surface area contributed by atoms with Gasteiger partial charge in [-0.2, -0.15) is 0 Å². The number of carbonyl (C=O) groups excluding carboxylic acids is 1. The zero-order chi connectivity index (χ0) is 13.7. The van der Waals surface area contributed by atoms with Gasteiger partial charge in [0.05, 0.1) is 6.04 Å². The van der Waals surface area contributed by atoms with Crippen LogP contribution in [0, 0.1) is 5.41 Å². The SMILES string of the molecule is CC[C@@H]1OC(=O)N2CCC3(CC12)C[C@@H]3c1ccccc1. The first-order chi connectivity index (χ1) is 9.73. The molecule has 0 N–H and O–H groups in total. The Morgan fingerprint density at radius 3 is 2.85 bits per heavy atom. The molecule has 2 unspecified atom stereocenters. The molecular weight excluding hydrogens is 250 g/mol. The minimum absolute atomic E-state index is 0.0892. The molecule has 1 aliphatic carbocycles. The summed E-state index contributed by atoms with van der Waals surface area (Å²) >= 11 is 0. The number of carbonyl (C=O) groups is 1. The molecule has 2 saturated heterocycles. The standard InChI is InChI=1S/C17H21NO2/c1-2-15-14-11-17(8-9-18(14)16(19)20-15)10-13(17)12-6-4-3-5-7-12/h3-7,13-15H,2,8-11H2,1H3/t13-,14?,15+,17?/m1/s1. The van der Waals surface area contributed by atoms with Gasteiger partial charge in [0, 0.05) is 6.54 Å². The van der Waals surface area contributed by atoms with Crippen LogP contribution in [0.25, 0.3) is 0 Å². The Labute approximate surface area is 119 Å². The number of ether oxygens (including phenoxy) is 1. The smallest absolute Gasteiger partial charge is 0.410 e. The van der Waals surface area contributed by atoms with Gasteiger partial charge in [-0.1, -0.05) is 37.3 Å². The van der Waals surface area contributed by atoms with Crippen molar-refractivity contribution in [2.75, 3.05) is 6.54 Å². The van der Waals surface area contributed by atoms with Crippen LogP contribution >= 0.6 is 0 Å². The van der Waals surface area contributed by atoms with Gasteiger partial charge in [0.15, 0.2) is 0 Å². The number of rotatable bonds is 2. The Kier molecular flexibility index (Phi) is 2.60. The quantitative estimate of drug-likeness (QED) is 0.823. The monoisotopic (exact) mass is 271 g/mol. The van der Waals surface area contributed by atoms with Crippen molar-refractivity contribution < 1.29 is 9.53 Å². The minimum atomic E-state index is -0.0892. The third-order valence-electron chi connectivity index (χ3n) is 5.58. The molecule has 3 heteroatoms. The lowest BCUT2D eigenvalue weighted by Crippen LogP contribution is -2.44. The van der Waals surface area contributed by atoms with Crippen molar-refractivity contribution in [3.63, 3.8) is 0 Å². The van der Waals surface area contributed by atoms with Crippen LogP contribution in [0.15, 0.2) is 30.3 Å². The summed E-state index contributed by atoms with van der Waals surface area (Å²) in [4.78, 5) is 13.8. The Hall–Kier alpha value is -1.51. The van der Waals surface area contributed by atoms with Gasteiger partial charge < -0.3 is 9.64 Å². The largest absolute Gasteiger partial charge is 0.444 e. The van der Waals surface area contributed by atoms with Gasteiger partial charge in [0.2, 0.25) is 0 Å². The second-order valence-corrected chi connectivity index (χ2v) is 6.58. The van der Waals surface area contributed by atoms with Gasteiger partial charge in [-0.05, 0) is 42.6 Å². The number of benzene rings is 1. The van der Waals surface area contributed by atoms with Crippen molar-refractivity contribution in [1.29, 1.82) is 0 Å². The van der Waals surface area contributed by atoms with Crippen LogP contribution in [0.3, 0.4) is 0 Å². The molecule has 0 aromatic heterocycles. The summed E-state index contributed by atoms with van der Waals surface area (Å²) in [6, 6.07) is 11.2. The molecule has 4 atom stereocenters. The third-order valence-corrected chi connectivity index (χ3v) is 5.58. The Balaban J connectivity index is 1.55. The molecule has 1 spiro atoms. The average Bonchev–Trinajstić information content (AvgIpc) is 3.08. The normalized spacial score (nSPS) is 38.8. The summed E-state index contributed by atoms with van der Waals surface area (Å²) < 4.78 is 5.51. The van der Waals surface area contributed by atoms with Crippen molar-refractivity contribution in [1.82, 2.24) is 4.90 Å². The second-order valence-electron chi connectivity index (χ2n) is 6.58. The second kappa shape index (κ2) is 4.24. The molecule has 3 aliphatic rings. The fourth-order valence-corrected chi connectivity index (χ4v) is 4.33. The van der Waals surface area contributed by atoms with E-state index in [0.29, 0.717) is 17.4 Å². The van der Waals surface area contributed by atoms with E-state index in [9.17, 15) is 4.79 Å². The van der Waals surface area contributed by atoms with Crippen LogP contribution in [0.1, 0.15) is 44.1 Å². The molecule has 20 heavy (non-hydrogen) atoms. The molecule has 0 bridgehead atoms. The molecular formula is C17H21NO2. The van der Waals surface area contributed by atoms with E-state index in [4.69, 9.17) is 4.74 Å². The molecule has 2 heterocycles. The number of cyclic esters (lactones) is 1. The topological polar surface area (TPSA) is 29.5 Å². The first-order valence-electron chi connectivity index (χ1n) is 7.76. The number of nitrogens with zero attached hydrogens (tertiary/aromatic N) is 1. The molecule has 3 fully saturated rings. The Morgan fingerprint density at radius 2 is 2.10 bits per heavy atom. The summed E-state index contributed by atoms with van der Waals surface area (Å²) in [5.41, 5.74) is 1.91. The lowest BCUT2D eigenvalue weighted by Gasteiger charge is -2.35. The van der Waals surface area contributed by atoms with Crippen molar-refractivity contribution in [2.45, 2.75) is 50.7 Å². The Morgan fingerprint density at radius 1 is 1.30 bits per heavy atom. The predicted octanol–water partition coefficient (Wildman–Crippen LogP) is 3.55. The zero-order valence-electron chi connectivity index (χ0n) is 11.9.